The number of fused-ring (bicyclic) bond motifs is 1. The van der Waals surface area contributed by atoms with Crippen molar-refractivity contribution in [3.8, 4) is 17.6 Å². The molecular weight excluding hydrogens is 316 g/mol. The van der Waals surface area contributed by atoms with Gasteiger partial charge in [0.25, 0.3) is 0 Å². The van der Waals surface area contributed by atoms with Crippen LogP contribution in [0.3, 0.4) is 0 Å². The molecule has 0 N–H and O–H groups in total. The van der Waals surface area contributed by atoms with Crippen LogP contribution in [0.15, 0.2) is 28.7 Å². The molecule has 1 aromatic carbocycles. The maximum Gasteiger partial charge on any atom is 0.374 e. The van der Waals surface area contributed by atoms with E-state index in [2.05, 4.69) is 31.8 Å². The number of carbonyl (C=O) groups is 1. The molecule has 4 heteroatoms. The highest BCUT2D eigenvalue weighted by Crippen LogP contribution is 2.39. The SMILES string of the molecule is CCOC(=O)c1ccc(C#Cc2cc3c(cc2C)OCCC3(C)C)o1. The molecule has 0 radical (unpaired) electrons. The van der Waals surface area contributed by atoms with Crippen molar-refractivity contribution in [2.45, 2.75) is 39.5 Å². The number of rotatable bonds is 2. The Balaban J connectivity index is 1.90. The summed E-state index contributed by atoms with van der Waals surface area (Å²) >= 11 is 0. The molecular formula is C21H22O4. The number of furan rings is 1. The molecule has 1 aromatic heterocycles. The fourth-order valence-corrected chi connectivity index (χ4v) is 2.86. The van der Waals surface area contributed by atoms with Crippen LogP contribution in [-0.2, 0) is 10.2 Å². The van der Waals surface area contributed by atoms with Gasteiger partial charge in [0, 0.05) is 11.1 Å². The van der Waals surface area contributed by atoms with Gasteiger partial charge in [-0.25, -0.2) is 4.79 Å². The first-order valence-corrected chi connectivity index (χ1v) is 8.47. The van der Waals surface area contributed by atoms with Gasteiger partial charge in [0.2, 0.25) is 5.76 Å². The molecule has 0 atom stereocenters. The lowest BCUT2D eigenvalue weighted by molar-refractivity contribution is 0.0489. The lowest BCUT2D eigenvalue weighted by Crippen LogP contribution is -2.26. The van der Waals surface area contributed by atoms with Crippen LogP contribution < -0.4 is 4.74 Å². The molecule has 25 heavy (non-hydrogen) atoms. The summed E-state index contributed by atoms with van der Waals surface area (Å²) in [6.07, 6.45) is 0.983. The van der Waals surface area contributed by atoms with Crippen molar-refractivity contribution in [3.05, 3.63) is 52.5 Å². The van der Waals surface area contributed by atoms with Gasteiger partial charge in [0.15, 0.2) is 5.76 Å². The standard InChI is InChI=1S/C21H22O4/c1-5-23-20(22)18-9-8-16(25-18)7-6-15-13-17-19(12-14(15)2)24-11-10-21(17,3)4/h8-9,12-13H,5,10-11H2,1-4H3. The summed E-state index contributed by atoms with van der Waals surface area (Å²) < 4.78 is 16.1. The van der Waals surface area contributed by atoms with Crippen LogP contribution in [0.1, 0.15) is 60.2 Å². The zero-order chi connectivity index (χ0) is 18.0. The van der Waals surface area contributed by atoms with E-state index in [0.717, 1.165) is 29.9 Å². The van der Waals surface area contributed by atoms with Crippen LogP contribution in [0.25, 0.3) is 0 Å². The predicted octanol–water partition coefficient (Wildman–Crippen LogP) is 4.22. The maximum absolute atomic E-state index is 11.6. The molecule has 0 bridgehead atoms. The van der Waals surface area contributed by atoms with E-state index in [0.29, 0.717) is 12.4 Å². The summed E-state index contributed by atoms with van der Waals surface area (Å²) in [5.74, 6) is 7.22. The van der Waals surface area contributed by atoms with E-state index >= 15 is 0 Å². The van der Waals surface area contributed by atoms with Gasteiger partial charge in [0.1, 0.15) is 5.75 Å². The highest BCUT2D eigenvalue weighted by atomic mass is 16.5. The Labute approximate surface area is 148 Å². The lowest BCUT2D eigenvalue weighted by atomic mass is 9.78. The van der Waals surface area contributed by atoms with E-state index in [1.165, 1.54) is 5.56 Å². The molecule has 2 heterocycles. The molecule has 0 aliphatic carbocycles. The fourth-order valence-electron chi connectivity index (χ4n) is 2.86. The summed E-state index contributed by atoms with van der Waals surface area (Å²) in [4.78, 5) is 11.6. The molecule has 3 rings (SSSR count). The smallest absolute Gasteiger partial charge is 0.374 e. The van der Waals surface area contributed by atoms with Crippen molar-refractivity contribution in [2.75, 3.05) is 13.2 Å². The van der Waals surface area contributed by atoms with E-state index in [-0.39, 0.29) is 11.2 Å². The summed E-state index contributed by atoms with van der Waals surface area (Å²) in [7, 11) is 0. The number of aryl methyl sites for hydroxylation is 1. The summed E-state index contributed by atoms with van der Waals surface area (Å²) in [6.45, 7) is 9.27. The van der Waals surface area contributed by atoms with Crippen molar-refractivity contribution in [1.29, 1.82) is 0 Å². The van der Waals surface area contributed by atoms with Crippen LogP contribution in [0.5, 0.6) is 5.75 Å². The van der Waals surface area contributed by atoms with Crippen molar-refractivity contribution < 1.29 is 18.7 Å². The topological polar surface area (TPSA) is 48.7 Å². The molecule has 1 aliphatic heterocycles. The average molecular weight is 338 g/mol. The number of benzene rings is 1. The summed E-state index contributed by atoms with van der Waals surface area (Å²) in [6, 6.07) is 7.41. The third-order valence-electron chi connectivity index (χ3n) is 4.44. The minimum Gasteiger partial charge on any atom is -0.493 e. The normalized spacial score (nSPS) is 14.7. The minimum atomic E-state index is -0.473. The first kappa shape index (κ1) is 17.2. The second kappa shape index (κ2) is 6.68. The Morgan fingerprint density at radius 3 is 2.84 bits per heavy atom. The second-order valence-corrected chi connectivity index (χ2v) is 6.78. The Kier molecular flexibility index (Phi) is 4.59. The number of ether oxygens (including phenoxy) is 2. The van der Waals surface area contributed by atoms with Crippen LogP contribution in [0.2, 0.25) is 0 Å². The molecule has 1 aliphatic rings. The van der Waals surface area contributed by atoms with Gasteiger partial charge in [-0.15, -0.1) is 0 Å². The highest BCUT2D eigenvalue weighted by Gasteiger charge is 2.29. The Hall–Kier alpha value is -2.67. The van der Waals surface area contributed by atoms with Gasteiger partial charge in [-0.1, -0.05) is 19.8 Å². The number of esters is 1. The van der Waals surface area contributed by atoms with E-state index in [9.17, 15) is 4.79 Å². The highest BCUT2D eigenvalue weighted by molar-refractivity contribution is 5.86. The van der Waals surface area contributed by atoms with Crippen LogP contribution >= 0.6 is 0 Å². The molecule has 2 aromatic rings. The molecule has 0 spiro atoms. The van der Waals surface area contributed by atoms with Gasteiger partial charge in [0.05, 0.1) is 13.2 Å². The van der Waals surface area contributed by atoms with Crippen molar-refractivity contribution in [1.82, 2.24) is 0 Å². The molecule has 0 saturated heterocycles. The first-order valence-electron chi connectivity index (χ1n) is 8.47. The van der Waals surface area contributed by atoms with Crippen LogP contribution in [-0.4, -0.2) is 19.2 Å². The summed E-state index contributed by atoms with van der Waals surface area (Å²) in [5, 5.41) is 0. The average Bonchev–Trinajstić information content (AvgIpc) is 3.02. The molecule has 4 nitrogen and oxygen atoms in total. The van der Waals surface area contributed by atoms with E-state index < -0.39 is 5.97 Å². The lowest BCUT2D eigenvalue weighted by Gasteiger charge is -2.32. The maximum atomic E-state index is 11.6. The van der Waals surface area contributed by atoms with Crippen molar-refractivity contribution in [3.63, 3.8) is 0 Å². The second-order valence-electron chi connectivity index (χ2n) is 6.78. The molecule has 0 amide bonds. The molecule has 0 saturated carbocycles. The third-order valence-corrected chi connectivity index (χ3v) is 4.44. The monoisotopic (exact) mass is 338 g/mol. The zero-order valence-corrected chi connectivity index (χ0v) is 15.1. The predicted molar refractivity (Wildman–Crippen MR) is 95.0 cm³/mol. The Bertz CT molecular complexity index is 862. The number of hydrogen-bond donors (Lipinski definition) is 0. The first-order chi connectivity index (χ1) is 11.9. The van der Waals surface area contributed by atoms with E-state index in [1.807, 2.05) is 13.0 Å². The largest absolute Gasteiger partial charge is 0.493 e. The third kappa shape index (κ3) is 3.56. The van der Waals surface area contributed by atoms with Gasteiger partial charge in [-0.2, -0.15) is 0 Å². The van der Waals surface area contributed by atoms with Crippen molar-refractivity contribution >= 4 is 5.97 Å². The number of carbonyl (C=O) groups excluding carboxylic acids is 1. The molecule has 0 unspecified atom stereocenters. The van der Waals surface area contributed by atoms with Crippen LogP contribution in [0.4, 0.5) is 0 Å². The van der Waals surface area contributed by atoms with E-state index in [4.69, 9.17) is 13.9 Å². The zero-order valence-electron chi connectivity index (χ0n) is 15.1. The molecule has 130 valence electrons. The van der Waals surface area contributed by atoms with E-state index in [1.54, 1.807) is 19.1 Å². The minimum absolute atomic E-state index is 0.0689. The van der Waals surface area contributed by atoms with Crippen LogP contribution in [0, 0.1) is 18.8 Å². The number of hydrogen-bond acceptors (Lipinski definition) is 4. The van der Waals surface area contributed by atoms with Crippen molar-refractivity contribution in [2.24, 2.45) is 0 Å². The van der Waals surface area contributed by atoms with Gasteiger partial charge < -0.3 is 13.9 Å². The summed E-state index contributed by atoms with van der Waals surface area (Å²) in [5.41, 5.74) is 3.24. The Morgan fingerprint density at radius 1 is 1.28 bits per heavy atom. The quantitative estimate of drug-likeness (QED) is 0.607. The Morgan fingerprint density at radius 2 is 2.08 bits per heavy atom. The van der Waals surface area contributed by atoms with Gasteiger partial charge in [-0.05, 0) is 61.4 Å². The fraction of sp³-hybridized carbons (Fsp3) is 0.381. The molecule has 0 fully saturated rings. The van der Waals surface area contributed by atoms with Gasteiger partial charge in [-0.3, -0.25) is 0 Å². The van der Waals surface area contributed by atoms with Gasteiger partial charge >= 0.3 is 5.97 Å².